The number of nitrogens with two attached hydrogens (primary N) is 1. The van der Waals surface area contributed by atoms with Crippen molar-refractivity contribution in [2.45, 2.75) is 24.2 Å². The maximum atomic E-state index is 13.3. The van der Waals surface area contributed by atoms with Crippen molar-refractivity contribution in [2.75, 3.05) is 32.4 Å². The third kappa shape index (κ3) is 4.15. The lowest BCUT2D eigenvalue weighted by Crippen LogP contribution is -2.33. The second kappa shape index (κ2) is 6.72. The molecule has 0 atom stereocenters. The summed E-state index contributed by atoms with van der Waals surface area (Å²) >= 11 is 0. The molecule has 1 aliphatic heterocycles. The SMILES string of the molecule is CN1CCC(CCNS(=O)(=O)c2cccc(F)c2N)CC1. The molecule has 5 nitrogen and oxygen atoms in total. The molecule has 21 heavy (non-hydrogen) atoms. The van der Waals surface area contributed by atoms with Gasteiger partial charge in [0.25, 0.3) is 0 Å². The van der Waals surface area contributed by atoms with Gasteiger partial charge in [-0.3, -0.25) is 0 Å². The first-order valence-corrected chi connectivity index (χ1v) is 8.60. The fraction of sp³-hybridized carbons (Fsp3) is 0.571. The maximum absolute atomic E-state index is 13.3. The van der Waals surface area contributed by atoms with Crippen LogP contribution in [0.3, 0.4) is 0 Å². The van der Waals surface area contributed by atoms with Crippen molar-refractivity contribution in [3.05, 3.63) is 24.0 Å². The second-order valence-electron chi connectivity index (χ2n) is 5.58. The fourth-order valence-corrected chi connectivity index (χ4v) is 3.76. The van der Waals surface area contributed by atoms with E-state index in [0.717, 1.165) is 38.4 Å². The van der Waals surface area contributed by atoms with Crippen LogP contribution in [0.25, 0.3) is 0 Å². The third-order valence-electron chi connectivity index (χ3n) is 3.99. The molecule has 0 bridgehead atoms. The molecule has 0 aromatic heterocycles. The van der Waals surface area contributed by atoms with Gasteiger partial charge in [-0.1, -0.05) is 6.07 Å². The van der Waals surface area contributed by atoms with Gasteiger partial charge in [-0.15, -0.1) is 0 Å². The zero-order valence-corrected chi connectivity index (χ0v) is 13.0. The van der Waals surface area contributed by atoms with E-state index in [2.05, 4.69) is 16.7 Å². The van der Waals surface area contributed by atoms with E-state index >= 15 is 0 Å². The predicted octanol–water partition coefficient (Wildman–Crippen LogP) is 1.42. The van der Waals surface area contributed by atoms with E-state index in [9.17, 15) is 12.8 Å². The number of para-hydroxylation sites is 1. The Labute approximate surface area is 125 Å². The van der Waals surface area contributed by atoms with Crippen molar-refractivity contribution < 1.29 is 12.8 Å². The minimum Gasteiger partial charge on any atom is -0.395 e. The van der Waals surface area contributed by atoms with Crippen LogP contribution in [0.4, 0.5) is 10.1 Å². The standard InChI is InChI=1S/C14H22FN3O2S/c1-18-9-6-11(7-10-18)5-8-17-21(19,20)13-4-2-3-12(15)14(13)16/h2-4,11,17H,5-10,16H2,1H3. The number of anilines is 1. The van der Waals surface area contributed by atoms with Crippen molar-refractivity contribution in [1.29, 1.82) is 0 Å². The Balaban J connectivity index is 1.91. The van der Waals surface area contributed by atoms with Gasteiger partial charge in [0, 0.05) is 6.54 Å². The van der Waals surface area contributed by atoms with Gasteiger partial charge in [0.2, 0.25) is 10.0 Å². The number of hydrogen-bond donors (Lipinski definition) is 2. The number of hydrogen-bond acceptors (Lipinski definition) is 4. The summed E-state index contributed by atoms with van der Waals surface area (Å²) in [7, 11) is -1.66. The zero-order valence-electron chi connectivity index (χ0n) is 12.2. The molecule has 0 spiro atoms. The highest BCUT2D eigenvalue weighted by Gasteiger charge is 2.21. The number of benzene rings is 1. The van der Waals surface area contributed by atoms with E-state index in [-0.39, 0.29) is 10.6 Å². The lowest BCUT2D eigenvalue weighted by molar-refractivity contribution is 0.213. The first-order valence-electron chi connectivity index (χ1n) is 7.12. The topological polar surface area (TPSA) is 75.4 Å². The average Bonchev–Trinajstić information content (AvgIpc) is 2.44. The van der Waals surface area contributed by atoms with Crippen LogP contribution in [-0.4, -0.2) is 40.0 Å². The Kier molecular flexibility index (Phi) is 5.18. The van der Waals surface area contributed by atoms with E-state index in [1.807, 2.05) is 0 Å². The molecular weight excluding hydrogens is 293 g/mol. The molecule has 1 saturated heterocycles. The summed E-state index contributed by atoms with van der Waals surface area (Å²) in [6, 6.07) is 3.81. The van der Waals surface area contributed by atoms with Crippen LogP contribution in [0.15, 0.2) is 23.1 Å². The van der Waals surface area contributed by atoms with Gasteiger partial charge >= 0.3 is 0 Å². The van der Waals surface area contributed by atoms with Crippen LogP contribution < -0.4 is 10.5 Å². The van der Waals surface area contributed by atoms with Gasteiger partial charge in [0.15, 0.2) is 0 Å². The molecule has 0 saturated carbocycles. The highest BCUT2D eigenvalue weighted by molar-refractivity contribution is 7.89. The molecule has 2 rings (SSSR count). The number of nitrogen functional groups attached to an aromatic ring is 1. The fourth-order valence-electron chi connectivity index (χ4n) is 2.58. The molecular formula is C14H22FN3O2S. The van der Waals surface area contributed by atoms with Gasteiger partial charge < -0.3 is 10.6 Å². The largest absolute Gasteiger partial charge is 0.395 e. The minimum absolute atomic E-state index is 0.189. The van der Waals surface area contributed by atoms with Crippen LogP contribution in [0.1, 0.15) is 19.3 Å². The molecule has 1 aliphatic rings. The molecule has 1 aromatic carbocycles. The normalized spacial score (nSPS) is 18.0. The molecule has 1 heterocycles. The average molecular weight is 315 g/mol. The number of piperidine rings is 1. The Bertz CT molecular complexity index is 584. The number of rotatable bonds is 5. The molecule has 1 aromatic rings. The summed E-state index contributed by atoms with van der Waals surface area (Å²) in [4.78, 5) is 2.08. The first-order chi connectivity index (χ1) is 9.90. The van der Waals surface area contributed by atoms with E-state index in [0.29, 0.717) is 12.5 Å². The molecule has 0 amide bonds. The van der Waals surface area contributed by atoms with Crippen molar-refractivity contribution in [3.63, 3.8) is 0 Å². The Morgan fingerprint density at radius 1 is 1.38 bits per heavy atom. The van der Waals surface area contributed by atoms with Crippen LogP contribution >= 0.6 is 0 Å². The summed E-state index contributed by atoms with van der Waals surface area (Å²) in [6.45, 7) is 2.45. The van der Waals surface area contributed by atoms with E-state index in [4.69, 9.17) is 5.73 Å². The molecule has 0 unspecified atom stereocenters. The number of likely N-dealkylation sites (tertiary alicyclic amines) is 1. The van der Waals surface area contributed by atoms with Crippen LogP contribution in [-0.2, 0) is 10.0 Å². The number of nitrogens with zero attached hydrogens (tertiary/aromatic N) is 1. The Morgan fingerprint density at radius 2 is 2.05 bits per heavy atom. The summed E-state index contributed by atoms with van der Waals surface area (Å²) < 4.78 is 40.1. The molecule has 118 valence electrons. The Morgan fingerprint density at radius 3 is 2.71 bits per heavy atom. The lowest BCUT2D eigenvalue weighted by atomic mass is 9.94. The van der Waals surface area contributed by atoms with E-state index in [1.54, 1.807) is 0 Å². The third-order valence-corrected chi connectivity index (χ3v) is 5.50. The Hall–Kier alpha value is -1.18. The van der Waals surface area contributed by atoms with Gasteiger partial charge in [-0.25, -0.2) is 17.5 Å². The van der Waals surface area contributed by atoms with E-state index < -0.39 is 15.8 Å². The van der Waals surface area contributed by atoms with Crippen molar-refractivity contribution >= 4 is 15.7 Å². The van der Waals surface area contributed by atoms with Crippen molar-refractivity contribution in [1.82, 2.24) is 9.62 Å². The van der Waals surface area contributed by atoms with Crippen molar-refractivity contribution in [3.8, 4) is 0 Å². The van der Waals surface area contributed by atoms with Crippen LogP contribution in [0.5, 0.6) is 0 Å². The maximum Gasteiger partial charge on any atom is 0.242 e. The summed E-state index contributed by atoms with van der Waals surface area (Å²) in [5, 5.41) is 0. The number of halogens is 1. The smallest absolute Gasteiger partial charge is 0.242 e. The van der Waals surface area contributed by atoms with Crippen LogP contribution in [0.2, 0.25) is 0 Å². The van der Waals surface area contributed by atoms with Gasteiger partial charge in [-0.05, 0) is 57.5 Å². The van der Waals surface area contributed by atoms with E-state index in [1.165, 1.54) is 12.1 Å². The molecule has 0 radical (unpaired) electrons. The quantitative estimate of drug-likeness (QED) is 0.806. The highest BCUT2D eigenvalue weighted by atomic mass is 32.2. The first kappa shape index (κ1) is 16.2. The van der Waals surface area contributed by atoms with Crippen molar-refractivity contribution in [2.24, 2.45) is 5.92 Å². The van der Waals surface area contributed by atoms with Crippen LogP contribution in [0, 0.1) is 11.7 Å². The monoisotopic (exact) mass is 315 g/mol. The summed E-state index contributed by atoms with van der Waals surface area (Å²) in [6.07, 6.45) is 2.96. The molecule has 0 aliphatic carbocycles. The van der Waals surface area contributed by atoms with Gasteiger partial charge in [-0.2, -0.15) is 0 Å². The summed E-state index contributed by atoms with van der Waals surface area (Å²) in [5.74, 6) is -0.179. The van der Waals surface area contributed by atoms with Gasteiger partial charge in [0.05, 0.1) is 5.69 Å². The molecule has 7 heteroatoms. The molecule has 1 fully saturated rings. The summed E-state index contributed by atoms with van der Waals surface area (Å²) in [5.41, 5.74) is 5.17. The highest BCUT2D eigenvalue weighted by Crippen LogP contribution is 2.22. The predicted molar refractivity (Wildman–Crippen MR) is 80.8 cm³/mol. The lowest BCUT2D eigenvalue weighted by Gasteiger charge is -2.28. The number of sulfonamides is 1. The second-order valence-corrected chi connectivity index (χ2v) is 7.32. The minimum atomic E-state index is -3.75. The molecule has 3 N–H and O–H groups in total. The van der Waals surface area contributed by atoms with Gasteiger partial charge in [0.1, 0.15) is 10.7 Å². The zero-order chi connectivity index (χ0) is 15.5. The number of nitrogens with one attached hydrogen (secondary N) is 1.